The van der Waals surface area contributed by atoms with Gasteiger partial charge >= 0.3 is 0 Å². The van der Waals surface area contributed by atoms with E-state index in [0.29, 0.717) is 11.1 Å². The van der Waals surface area contributed by atoms with Crippen LogP contribution >= 0.6 is 23.4 Å². The summed E-state index contributed by atoms with van der Waals surface area (Å²) in [4.78, 5) is 9.05. The molecule has 0 bridgehead atoms. The van der Waals surface area contributed by atoms with Gasteiger partial charge in [-0.3, -0.25) is 0 Å². The van der Waals surface area contributed by atoms with Gasteiger partial charge in [-0.25, -0.2) is 9.97 Å². The lowest BCUT2D eigenvalue weighted by molar-refractivity contribution is 0.704. The van der Waals surface area contributed by atoms with Crippen molar-refractivity contribution in [1.82, 2.24) is 15.3 Å². The first-order valence-electron chi connectivity index (χ1n) is 5.18. The number of hydrogen-bond acceptors (Lipinski definition) is 4. The SMILES string of the molecule is Clc1nc(C2CCSC2)nc2c1CNC2. The van der Waals surface area contributed by atoms with Crippen LogP contribution in [0.3, 0.4) is 0 Å². The van der Waals surface area contributed by atoms with Crippen LogP contribution in [0.25, 0.3) is 0 Å². The van der Waals surface area contributed by atoms with Gasteiger partial charge in [-0.15, -0.1) is 0 Å². The predicted molar refractivity (Wildman–Crippen MR) is 62.3 cm³/mol. The molecule has 1 N–H and O–H groups in total. The zero-order chi connectivity index (χ0) is 10.3. The summed E-state index contributed by atoms with van der Waals surface area (Å²) in [6, 6.07) is 0. The van der Waals surface area contributed by atoms with Crippen molar-refractivity contribution in [3.05, 3.63) is 22.2 Å². The van der Waals surface area contributed by atoms with Crippen molar-refractivity contribution in [2.24, 2.45) is 0 Å². The largest absolute Gasteiger partial charge is 0.307 e. The minimum absolute atomic E-state index is 0.512. The summed E-state index contributed by atoms with van der Waals surface area (Å²) in [6.45, 7) is 1.65. The molecule has 1 atom stereocenters. The summed E-state index contributed by atoms with van der Waals surface area (Å²) in [7, 11) is 0. The van der Waals surface area contributed by atoms with E-state index < -0.39 is 0 Å². The zero-order valence-electron chi connectivity index (χ0n) is 8.29. The lowest BCUT2D eigenvalue weighted by Crippen LogP contribution is -2.07. The van der Waals surface area contributed by atoms with Gasteiger partial charge in [-0.2, -0.15) is 11.8 Å². The molecule has 1 fully saturated rings. The fraction of sp³-hybridized carbons (Fsp3) is 0.600. The van der Waals surface area contributed by atoms with Crippen molar-refractivity contribution in [3.8, 4) is 0 Å². The third kappa shape index (κ3) is 1.75. The van der Waals surface area contributed by atoms with Crippen molar-refractivity contribution < 1.29 is 0 Å². The number of nitrogens with zero attached hydrogens (tertiary/aromatic N) is 2. The summed E-state index contributed by atoms with van der Waals surface area (Å²) < 4.78 is 0. The Kier molecular flexibility index (Phi) is 2.58. The molecule has 1 saturated heterocycles. The number of aromatic nitrogens is 2. The average molecular weight is 242 g/mol. The van der Waals surface area contributed by atoms with Gasteiger partial charge in [0.25, 0.3) is 0 Å². The third-order valence-electron chi connectivity index (χ3n) is 2.95. The maximum atomic E-state index is 6.16. The van der Waals surface area contributed by atoms with Crippen LogP contribution in [0, 0.1) is 0 Å². The standard InChI is InChI=1S/C10H12ClN3S/c11-9-7-3-12-4-8(7)13-10(14-9)6-1-2-15-5-6/h6,12H,1-5H2. The summed E-state index contributed by atoms with van der Waals surface area (Å²) in [6.07, 6.45) is 1.19. The second-order valence-electron chi connectivity index (χ2n) is 3.96. The fourth-order valence-electron chi connectivity index (χ4n) is 2.07. The minimum Gasteiger partial charge on any atom is -0.307 e. The Hall–Kier alpha value is -0.320. The van der Waals surface area contributed by atoms with E-state index in [1.54, 1.807) is 0 Å². The van der Waals surface area contributed by atoms with Crippen LogP contribution in [0.2, 0.25) is 5.15 Å². The van der Waals surface area contributed by atoms with Crippen molar-refractivity contribution in [1.29, 1.82) is 0 Å². The molecule has 3 nitrogen and oxygen atoms in total. The molecule has 1 aromatic heterocycles. The first-order chi connectivity index (χ1) is 7.34. The number of halogens is 1. The van der Waals surface area contributed by atoms with Gasteiger partial charge in [0, 0.05) is 30.3 Å². The predicted octanol–water partition coefficient (Wildman–Crippen LogP) is 1.95. The Labute approximate surface area is 98.0 Å². The van der Waals surface area contributed by atoms with Gasteiger partial charge in [0.1, 0.15) is 11.0 Å². The fourth-order valence-corrected chi connectivity index (χ4v) is 3.55. The molecule has 5 heteroatoms. The average Bonchev–Trinajstić information content (AvgIpc) is 2.88. The smallest absolute Gasteiger partial charge is 0.137 e. The summed E-state index contributed by atoms with van der Waals surface area (Å²) >= 11 is 8.13. The van der Waals surface area contributed by atoms with Crippen LogP contribution in [0.15, 0.2) is 0 Å². The monoisotopic (exact) mass is 241 g/mol. The van der Waals surface area contributed by atoms with Crippen LogP contribution in [0.1, 0.15) is 29.4 Å². The van der Waals surface area contributed by atoms with Crippen molar-refractivity contribution in [2.45, 2.75) is 25.4 Å². The molecular formula is C10H12ClN3S. The van der Waals surface area contributed by atoms with Gasteiger partial charge in [0.15, 0.2) is 0 Å². The van der Waals surface area contributed by atoms with Gasteiger partial charge in [-0.05, 0) is 12.2 Å². The van der Waals surface area contributed by atoms with Crippen LogP contribution in [0.5, 0.6) is 0 Å². The Morgan fingerprint density at radius 2 is 2.27 bits per heavy atom. The minimum atomic E-state index is 0.512. The topological polar surface area (TPSA) is 37.8 Å². The molecule has 1 aromatic rings. The molecule has 0 radical (unpaired) electrons. The van der Waals surface area contributed by atoms with Gasteiger partial charge < -0.3 is 5.32 Å². The van der Waals surface area contributed by atoms with Crippen LogP contribution in [-0.2, 0) is 13.1 Å². The zero-order valence-corrected chi connectivity index (χ0v) is 9.87. The molecule has 3 heterocycles. The highest BCUT2D eigenvalue weighted by Crippen LogP contribution is 2.32. The third-order valence-corrected chi connectivity index (χ3v) is 4.42. The molecule has 80 valence electrons. The van der Waals surface area contributed by atoms with Crippen molar-refractivity contribution in [2.75, 3.05) is 11.5 Å². The molecule has 1 unspecified atom stereocenters. The molecule has 0 saturated carbocycles. The summed E-state index contributed by atoms with van der Waals surface area (Å²) in [5.41, 5.74) is 2.19. The highest BCUT2D eigenvalue weighted by atomic mass is 35.5. The Morgan fingerprint density at radius 3 is 3.07 bits per heavy atom. The molecule has 2 aliphatic rings. The Morgan fingerprint density at radius 1 is 1.33 bits per heavy atom. The molecule has 0 aliphatic carbocycles. The summed E-state index contributed by atoms with van der Waals surface area (Å²) in [5, 5.41) is 3.90. The number of fused-ring (bicyclic) bond motifs is 1. The van der Waals surface area contributed by atoms with Crippen molar-refractivity contribution in [3.63, 3.8) is 0 Å². The normalized spacial score (nSPS) is 24.5. The molecule has 0 amide bonds. The molecule has 2 aliphatic heterocycles. The van der Waals surface area contributed by atoms with Crippen molar-refractivity contribution >= 4 is 23.4 Å². The Bertz CT molecular complexity index is 390. The van der Waals surface area contributed by atoms with Crippen LogP contribution < -0.4 is 5.32 Å². The lowest BCUT2D eigenvalue weighted by Gasteiger charge is -2.09. The van der Waals surface area contributed by atoms with Crippen LogP contribution in [-0.4, -0.2) is 21.5 Å². The number of nitrogens with one attached hydrogen (secondary N) is 1. The first-order valence-corrected chi connectivity index (χ1v) is 6.71. The first kappa shape index (κ1) is 9.87. The Balaban J connectivity index is 1.99. The number of thioether (sulfide) groups is 1. The molecule has 0 aromatic carbocycles. The van der Waals surface area contributed by atoms with E-state index in [9.17, 15) is 0 Å². The highest BCUT2D eigenvalue weighted by molar-refractivity contribution is 7.99. The van der Waals surface area contributed by atoms with E-state index in [1.165, 1.54) is 12.2 Å². The maximum Gasteiger partial charge on any atom is 0.137 e. The second-order valence-corrected chi connectivity index (χ2v) is 5.47. The maximum absolute atomic E-state index is 6.16. The van der Waals surface area contributed by atoms with E-state index in [4.69, 9.17) is 11.6 Å². The number of hydrogen-bond donors (Lipinski definition) is 1. The number of rotatable bonds is 1. The quantitative estimate of drug-likeness (QED) is 0.763. The highest BCUT2D eigenvalue weighted by Gasteiger charge is 2.24. The van der Waals surface area contributed by atoms with E-state index >= 15 is 0 Å². The lowest BCUT2D eigenvalue weighted by atomic mass is 10.1. The molecule has 3 rings (SSSR count). The second kappa shape index (κ2) is 3.92. The van der Waals surface area contributed by atoms with E-state index in [1.807, 2.05) is 11.8 Å². The van der Waals surface area contributed by atoms with Gasteiger partial charge in [-0.1, -0.05) is 11.6 Å². The molecule has 15 heavy (non-hydrogen) atoms. The van der Waals surface area contributed by atoms with Gasteiger partial charge in [0.2, 0.25) is 0 Å². The van der Waals surface area contributed by atoms with E-state index in [0.717, 1.165) is 35.9 Å². The molecular weight excluding hydrogens is 230 g/mol. The summed E-state index contributed by atoms with van der Waals surface area (Å²) in [5.74, 6) is 3.83. The van der Waals surface area contributed by atoms with Gasteiger partial charge in [0.05, 0.1) is 5.69 Å². The van der Waals surface area contributed by atoms with E-state index in [-0.39, 0.29) is 0 Å². The molecule has 0 spiro atoms. The van der Waals surface area contributed by atoms with E-state index in [2.05, 4.69) is 15.3 Å². The van der Waals surface area contributed by atoms with Crippen LogP contribution in [0.4, 0.5) is 0 Å².